The summed E-state index contributed by atoms with van der Waals surface area (Å²) in [5.74, 6) is 1.04. The van der Waals surface area contributed by atoms with Crippen LogP contribution in [0.4, 0.5) is 0 Å². The summed E-state index contributed by atoms with van der Waals surface area (Å²) in [6.07, 6.45) is 7.98. The molecule has 0 aromatic heterocycles. The predicted octanol–water partition coefficient (Wildman–Crippen LogP) is 3.94. The fourth-order valence-electron chi connectivity index (χ4n) is 7.74. The minimum absolute atomic E-state index is 0.00946. The molecule has 2 unspecified atom stereocenters. The minimum Gasteiger partial charge on any atom is -0.393 e. The minimum atomic E-state index is -0.798. The molecule has 226 valence electrons. The molecule has 2 bridgehead atoms. The first-order valence-corrected chi connectivity index (χ1v) is 15.4. The second-order valence-electron chi connectivity index (χ2n) is 13.5. The average Bonchev–Trinajstić information content (AvgIpc) is 3.24. The fourth-order valence-corrected chi connectivity index (χ4v) is 7.74. The standard InChI is InChI=1S/C34H51N3O4/c1-8-11-25(33(41)36(6)7)15-10-13-23-12-9-14-24(16-23)19-37-20-29(39)30(22(3)38)31(37)32(40)35-28-18-26-17-27(21(28)2)34(26,4)5/h9-12,14-16,21-22,26-31,38-39H,8,13,17-20H2,1-7H3,(H,35,40)/b15-10-,25-11+/t21-,22?,26+,27-,28?,29-,30+,31-/m0/s1. The third kappa shape index (κ3) is 6.63. The van der Waals surface area contributed by atoms with E-state index in [1.54, 1.807) is 25.9 Å². The molecule has 2 amide bonds. The molecule has 0 spiro atoms. The zero-order valence-electron chi connectivity index (χ0n) is 26.0. The molecule has 1 saturated heterocycles. The first kappa shape index (κ1) is 31.5. The van der Waals surface area contributed by atoms with Gasteiger partial charge in [-0.05, 0) is 66.9 Å². The SMILES string of the molecule is CC/C=C(\C=C/Cc1cccc(CN2C[C@H](O)[C@@H](C(C)O)[C@H]2C(=O)NC2C[C@H]3C[C@@H]([C@@H]2C)C3(C)C)c1)C(=O)N(C)C. The van der Waals surface area contributed by atoms with Gasteiger partial charge >= 0.3 is 0 Å². The Balaban J connectivity index is 1.45. The second kappa shape index (κ2) is 12.8. The number of hydrogen-bond donors (Lipinski definition) is 3. The van der Waals surface area contributed by atoms with Gasteiger partial charge in [0.1, 0.15) is 0 Å². The summed E-state index contributed by atoms with van der Waals surface area (Å²) < 4.78 is 0. The number of hydrogen-bond acceptors (Lipinski definition) is 5. The van der Waals surface area contributed by atoms with Crippen molar-refractivity contribution in [3.8, 4) is 0 Å². The van der Waals surface area contributed by atoms with E-state index in [0.29, 0.717) is 48.3 Å². The largest absolute Gasteiger partial charge is 0.393 e. The normalized spacial score (nSPS) is 32.0. The number of benzene rings is 1. The summed E-state index contributed by atoms with van der Waals surface area (Å²) in [5, 5.41) is 24.9. The molecule has 1 aromatic carbocycles. The number of β-amino-alcohol motifs (C(OH)–C–C–N with tert-alkyl or cyclic N) is 1. The number of carbonyl (C=O) groups is 2. The van der Waals surface area contributed by atoms with Gasteiger partial charge in [-0.1, -0.05) is 70.2 Å². The van der Waals surface area contributed by atoms with Gasteiger partial charge in [-0.15, -0.1) is 0 Å². The number of aliphatic hydroxyl groups excluding tert-OH is 2. The van der Waals surface area contributed by atoms with Crippen molar-refractivity contribution in [1.82, 2.24) is 15.1 Å². The Hall–Kier alpha value is -2.48. The van der Waals surface area contributed by atoms with Crippen molar-refractivity contribution in [2.24, 2.45) is 29.1 Å². The molecule has 3 N–H and O–H groups in total. The number of carbonyl (C=O) groups excluding carboxylic acids is 2. The van der Waals surface area contributed by atoms with E-state index in [-0.39, 0.29) is 17.9 Å². The zero-order valence-corrected chi connectivity index (χ0v) is 26.0. The van der Waals surface area contributed by atoms with Crippen molar-refractivity contribution >= 4 is 11.8 Å². The number of fused-ring (bicyclic) bond motifs is 2. The average molecular weight is 566 g/mol. The van der Waals surface area contributed by atoms with Crippen molar-refractivity contribution in [1.29, 1.82) is 0 Å². The molecule has 7 nitrogen and oxygen atoms in total. The lowest BCUT2D eigenvalue weighted by atomic mass is 9.45. The van der Waals surface area contributed by atoms with Crippen LogP contribution in [0.1, 0.15) is 65.0 Å². The Morgan fingerprint density at radius 2 is 1.93 bits per heavy atom. The van der Waals surface area contributed by atoms with Gasteiger partial charge in [0.15, 0.2) is 0 Å². The predicted molar refractivity (Wildman–Crippen MR) is 163 cm³/mol. The van der Waals surface area contributed by atoms with Crippen LogP contribution in [0.5, 0.6) is 0 Å². The molecule has 8 atom stereocenters. The van der Waals surface area contributed by atoms with E-state index in [4.69, 9.17) is 0 Å². The van der Waals surface area contributed by atoms with E-state index in [2.05, 4.69) is 38.2 Å². The summed E-state index contributed by atoms with van der Waals surface area (Å²) in [7, 11) is 3.51. The van der Waals surface area contributed by atoms with Crippen LogP contribution in [0, 0.1) is 29.1 Å². The van der Waals surface area contributed by atoms with Gasteiger partial charge in [-0.25, -0.2) is 0 Å². The summed E-state index contributed by atoms with van der Waals surface area (Å²) >= 11 is 0. The Morgan fingerprint density at radius 3 is 2.54 bits per heavy atom. The molecule has 1 aliphatic heterocycles. The second-order valence-corrected chi connectivity index (χ2v) is 13.5. The number of likely N-dealkylation sites (tertiary alicyclic amines) is 1. The van der Waals surface area contributed by atoms with E-state index >= 15 is 0 Å². The third-order valence-corrected chi connectivity index (χ3v) is 10.2. The van der Waals surface area contributed by atoms with Crippen molar-refractivity contribution in [2.75, 3.05) is 20.6 Å². The van der Waals surface area contributed by atoms with E-state index in [1.165, 1.54) is 6.42 Å². The molecule has 4 fully saturated rings. The van der Waals surface area contributed by atoms with Crippen LogP contribution in [0.2, 0.25) is 0 Å². The molecule has 41 heavy (non-hydrogen) atoms. The van der Waals surface area contributed by atoms with Crippen LogP contribution < -0.4 is 5.32 Å². The number of amides is 2. The molecule has 1 heterocycles. The van der Waals surface area contributed by atoms with E-state index in [0.717, 1.165) is 24.0 Å². The number of aliphatic hydroxyl groups is 2. The smallest absolute Gasteiger partial charge is 0.252 e. The van der Waals surface area contributed by atoms with Gasteiger partial charge in [0.25, 0.3) is 5.91 Å². The fraction of sp³-hybridized carbons (Fsp3) is 0.647. The topological polar surface area (TPSA) is 93.1 Å². The molecule has 0 radical (unpaired) electrons. The maximum atomic E-state index is 13.8. The van der Waals surface area contributed by atoms with Crippen LogP contribution in [0.25, 0.3) is 0 Å². The van der Waals surface area contributed by atoms with Crippen LogP contribution in [-0.2, 0) is 22.6 Å². The van der Waals surface area contributed by atoms with Crippen LogP contribution in [-0.4, -0.2) is 76.8 Å². The highest BCUT2D eigenvalue weighted by molar-refractivity contribution is 5.95. The quantitative estimate of drug-likeness (QED) is 0.295. The highest BCUT2D eigenvalue weighted by atomic mass is 16.3. The molecule has 3 aliphatic carbocycles. The monoisotopic (exact) mass is 565 g/mol. The molecular formula is C34H51N3O4. The molecule has 5 rings (SSSR count). The third-order valence-electron chi connectivity index (χ3n) is 10.2. The summed E-state index contributed by atoms with van der Waals surface area (Å²) in [5.41, 5.74) is 3.19. The van der Waals surface area contributed by atoms with Crippen molar-refractivity contribution in [3.05, 3.63) is 59.2 Å². The summed E-state index contributed by atoms with van der Waals surface area (Å²) in [4.78, 5) is 29.9. The van der Waals surface area contributed by atoms with Crippen molar-refractivity contribution < 1.29 is 19.8 Å². The van der Waals surface area contributed by atoms with E-state index in [9.17, 15) is 19.8 Å². The van der Waals surface area contributed by atoms with Gasteiger partial charge in [0.2, 0.25) is 5.91 Å². The Kier molecular flexibility index (Phi) is 9.82. The molecule has 4 aliphatic rings. The number of likely N-dealkylation sites (N-methyl/N-ethyl adjacent to an activating group) is 1. The highest BCUT2D eigenvalue weighted by Gasteiger charge is 2.57. The van der Waals surface area contributed by atoms with Gasteiger partial charge in [-0.2, -0.15) is 0 Å². The molecule has 1 aromatic rings. The lowest BCUT2D eigenvalue weighted by molar-refractivity contribution is -0.139. The molecular weight excluding hydrogens is 514 g/mol. The highest BCUT2D eigenvalue weighted by Crippen LogP contribution is 2.61. The lowest BCUT2D eigenvalue weighted by Crippen LogP contribution is -2.62. The summed E-state index contributed by atoms with van der Waals surface area (Å²) in [6, 6.07) is 7.78. The maximum Gasteiger partial charge on any atom is 0.252 e. The van der Waals surface area contributed by atoms with Gasteiger partial charge in [-0.3, -0.25) is 14.5 Å². The van der Waals surface area contributed by atoms with E-state index < -0.39 is 24.2 Å². The summed E-state index contributed by atoms with van der Waals surface area (Å²) in [6.45, 7) is 11.5. The molecule has 3 saturated carbocycles. The Labute approximate surface area is 246 Å². The van der Waals surface area contributed by atoms with Gasteiger partial charge < -0.3 is 20.4 Å². The first-order chi connectivity index (χ1) is 19.3. The number of nitrogens with zero attached hydrogens (tertiary/aromatic N) is 2. The van der Waals surface area contributed by atoms with E-state index in [1.807, 2.05) is 42.2 Å². The van der Waals surface area contributed by atoms with Gasteiger partial charge in [0.05, 0.1) is 18.2 Å². The number of rotatable bonds is 10. The Morgan fingerprint density at radius 1 is 1.22 bits per heavy atom. The van der Waals surface area contributed by atoms with Crippen LogP contribution in [0.15, 0.2) is 48.1 Å². The van der Waals surface area contributed by atoms with Gasteiger partial charge in [0, 0.05) is 44.7 Å². The Bertz CT molecular complexity index is 1160. The van der Waals surface area contributed by atoms with Crippen LogP contribution in [0.3, 0.4) is 0 Å². The van der Waals surface area contributed by atoms with Crippen LogP contribution >= 0.6 is 0 Å². The maximum absolute atomic E-state index is 13.8. The lowest BCUT2D eigenvalue weighted by Gasteiger charge is -2.62. The first-order valence-electron chi connectivity index (χ1n) is 15.4. The van der Waals surface area contributed by atoms with Crippen molar-refractivity contribution in [3.63, 3.8) is 0 Å². The number of allylic oxidation sites excluding steroid dienone is 2. The van der Waals surface area contributed by atoms with Crippen molar-refractivity contribution in [2.45, 2.75) is 91.1 Å². The molecule has 7 heteroatoms. The number of nitrogens with one attached hydrogen (secondary N) is 1. The zero-order chi connectivity index (χ0) is 30.1.